The highest BCUT2D eigenvalue weighted by Gasteiger charge is 2.04. The third-order valence-electron chi connectivity index (χ3n) is 3.17. The van der Waals surface area contributed by atoms with Gasteiger partial charge in [0.15, 0.2) is 0 Å². The Morgan fingerprint density at radius 3 is 2.52 bits per heavy atom. The van der Waals surface area contributed by atoms with Crippen molar-refractivity contribution in [2.75, 3.05) is 4.72 Å². The summed E-state index contributed by atoms with van der Waals surface area (Å²) >= 11 is -2.08. The van der Waals surface area contributed by atoms with Crippen molar-refractivity contribution in [3.8, 4) is 0 Å². The molecule has 7 nitrogen and oxygen atoms in total. The first-order chi connectivity index (χ1) is 11.1. The normalized spacial score (nSPS) is 11.3. The molecule has 0 fully saturated rings. The van der Waals surface area contributed by atoms with Gasteiger partial charge in [-0.1, -0.05) is 30.3 Å². The second kappa shape index (κ2) is 8.09. The monoisotopic (exact) mass is 330 g/mol. The molecule has 118 valence electrons. The molecule has 0 aromatic heterocycles. The van der Waals surface area contributed by atoms with Crippen LogP contribution in [0.4, 0.5) is 5.69 Å². The zero-order valence-corrected chi connectivity index (χ0v) is 12.9. The van der Waals surface area contributed by atoms with Crippen LogP contribution in [0.3, 0.4) is 0 Å². The Hall–Kier alpha value is -2.67. The molecule has 0 bridgehead atoms. The standard InChI is InChI=1S/C15H14N4O3S/c16-19-17-15(20)13-3-1-2-12(10-13)5-4-11-6-8-14(9-7-11)18-23(21)22/h1-3,6-10,18H,4-5H2,(H,21,22). The quantitative estimate of drug-likeness (QED) is 0.365. The third kappa shape index (κ3) is 5.23. The Bertz CT molecular complexity index is 771. The van der Waals surface area contributed by atoms with E-state index in [1.54, 1.807) is 30.3 Å². The van der Waals surface area contributed by atoms with E-state index in [1.807, 2.05) is 18.2 Å². The topological polar surface area (TPSA) is 115 Å². The number of nitrogens with zero attached hydrogens (tertiary/aromatic N) is 3. The van der Waals surface area contributed by atoms with Crippen molar-refractivity contribution in [2.45, 2.75) is 12.8 Å². The van der Waals surface area contributed by atoms with Gasteiger partial charge in [0.2, 0.25) is 5.91 Å². The molecular weight excluding hydrogens is 316 g/mol. The summed E-state index contributed by atoms with van der Waals surface area (Å²) in [5.74, 6) is -0.596. The molecule has 2 N–H and O–H groups in total. The fourth-order valence-corrected chi connectivity index (χ4v) is 2.42. The van der Waals surface area contributed by atoms with Crippen molar-refractivity contribution in [1.82, 2.24) is 0 Å². The minimum atomic E-state index is -2.08. The lowest BCUT2D eigenvalue weighted by molar-refractivity contribution is 0.1000. The van der Waals surface area contributed by atoms with Crippen LogP contribution in [0.15, 0.2) is 53.6 Å². The molecule has 1 amide bonds. The van der Waals surface area contributed by atoms with Crippen LogP contribution in [0.25, 0.3) is 10.4 Å². The van der Waals surface area contributed by atoms with Crippen molar-refractivity contribution in [3.05, 3.63) is 75.7 Å². The van der Waals surface area contributed by atoms with Gasteiger partial charge in [-0.15, -0.1) is 0 Å². The van der Waals surface area contributed by atoms with E-state index in [1.165, 1.54) is 0 Å². The summed E-state index contributed by atoms with van der Waals surface area (Å²) in [5, 5.41) is 3.08. The lowest BCUT2D eigenvalue weighted by Gasteiger charge is -2.05. The molecule has 0 aliphatic rings. The maximum Gasteiger partial charge on any atom is 0.259 e. The van der Waals surface area contributed by atoms with Crippen molar-refractivity contribution in [1.29, 1.82) is 0 Å². The summed E-state index contributed by atoms with van der Waals surface area (Å²) in [6.07, 6.45) is 1.47. The van der Waals surface area contributed by atoms with Gasteiger partial charge in [0.05, 0.1) is 0 Å². The van der Waals surface area contributed by atoms with E-state index in [-0.39, 0.29) is 0 Å². The zero-order valence-electron chi connectivity index (χ0n) is 12.0. The number of aryl methyl sites for hydroxylation is 2. The molecule has 2 aromatic rings. The number of azide groups is 1. The minimum Gasteiger partial charge on any atom is -0.289 e. The number of hydrogen-bond acceptors (Lipinski definition) is 2. The molecule has 2 rings (SSSR count). The van der Waals surface area contributed by atoms with E-state index in [0.29, 0.717) is 11.3 Å². The van der Waals surface area contributed by atoms with Crippen LogP contribution in [-0.4, -0.2) is 14.7 Å². The summed E-state index contributed by atoms with van der Waals surface area (Å²) in [5.41, 5.74) is 11.2. The molecule has 0 radical (unpaired) electrons. The van der Waals surface area contributed by atoms with Crippen LogP contribution >= 0.6 is 0 Å². The first-order valence-electron chi connectivity index (χ1n) is 6.73. The predicted octanol–water partition coefficient (Wildman–Crippen LogP) is 3.47. The zero-order chi connectivity index (χ0) is 16.7. The lowest BCUT2D eigenvalue weighted by atomic mass is 10.0. The maximum atomic E-state index is 11.5. The third-order valence-corrected chi connectivity index (χ3v) is 3.58. The number of amides is 1. The minimum absolute atomic E-state index is 0.366. The molecule has 0 heterocycles. The van der Waals surface area contributed by atoms with Crippen molar-refractivity contribution in [2.24, 2.45) is 5.11 Å². The van der Waals surface area contributed by atoms with Crippen molar-refractivity contribution in [3.63, 3.8) is 0 Å². The molecule has 0 saturated carbocycles. The Balaban J connectivity index is 2.00. The Morgan fingerprint density at radius 1 is 1.17 bits per heavy atom. The van der Waals surface area contributed by atoms with Gasteiger partial charge in [0.1, 0.15) is 0 Å². The van der Waals surface area contributed by atoms with Crippen LogP contribution in [0.1, 0.15) is 21.5 Å². The molecule has 0 aliphatic carbocycles. The summed E-state index contributed by atoms with van der Waals surface area (Å²) in [4.78, 5) is 14.0. The molecule has 0 spiro atoms. The summed E-state index contributed by atoms with van der Waals surface area (Å²) in [6.45, 7) is 0. The first kappa shape index (κ1) is 16.7. The average molecular weight is 330 g/mol. The highest BCUT2D eigenvalue weighted by atomic mass is 32.2. The second-order valence-corrected chi connectivity index (χ2v) is 5.45. The largest absolute Gasteiger partial charge is 0.289 e. The molecular formula is C15H14N4O3S. The molecule has 23 heavy (non-hydrogen) atoms. The SMILES string of the molecule is [N-]=[N+]=NC(=O)c1cccc(CCc2ccc(NS(=O)O)cc2)c1. The van der Waals surface area contributed by atoms with E-state index in [4.69, 9.17) is 10.1 Å². The number of anilines is 1. The van der Waals surface area contributed by atoms with Crippen LogP contribution in [0.5, 0.6) is 0 Å². The number of rotatable bonds is 6. The van der Waals surface area contributed by atoms with Gasteiger partial charge in [0.25, 0.3) is 11.3 Å². The fourth-order valence-electron chi connectivity index (χ4n) is 2.09. The molecule has 0 aliphatic heterocycles. The highest BCUT2D eigenvalue weighted by Crippen LogP contribution is 2.14. The lowest BCUT2D eigenvalue weighted by Crippen LogP contribution is -2.01. The van der Waals surface area contributed by atoms with E-state index >= 15 is 0 Å². The molecule has 8 heteroatoms. The number of carbonyl (C=O) groups excluding carboxylic acids is 1. The first-order valence-corrected chi connectivity index (χ1v) is 7.84. The average Bonchev–Trinajstić information content (AvgIpc) is 2.54. The second-order valence-electron chi connectivity index (χ2n) is 4.74. The van der Waals surface area contributed by atoms with Gasteiger partial charge in [0, 0.05) is 16.2 Å². The maximum absolute atomic E-state index is 11.5. The van der Waals surface area contributed by atoms with E-state index in [0.717, 1.165) is 24.0 Å². The van der Waals surface area contributed by atoms with Crippen LogP contribution in [-0.2, 0) is 24.1 Å². The highest BCUT2D eigenvalue weighted by molar-refractivity contribution is 7.80. The molecule has 0 saturated heterocycles. The van der Waals surface area contributed by atoms with Gasteiger partial charge in [-0.3, -0.25) is 14.1 Å². The Morgan fingerprint density at radius 2 is 1.87 bits per heavy atom. The molecule has 2 aromatic carbocycles. The van der Waals surface area contributed by atoms with E-state index in [9.17, 15) is 9.00 Å². The van der Waals surface area contributed by atoms with E-state index in [2.05, 4.69) is 14.7 Å². The molecule has 1 atom stereocenters. The predicted molar refractivity (Wildman–Crippen MR) is 88.2 cm³/mol. The smallest absolute Gasteiger partial charge is 0.259 e. The van der Waals surface area contributed by atoms with Crippen LogP contribution < -0.4 is 4.72 Å². The summed E-state index contributed by atoms with van der Waals surface area (Å²) < 4.78 is 21.8. The van der Waals surface area contributed by atoms with Gasteiger partial charge in [-0.2, -0.15) is 0 Å². The fraction of sp³-hybridized carbons (Fsp3) is 0.133. The molecule has 1 unspecified atom stereocenters. The van der Waals surface area contributed by atoms with E-state index < -0.39 is 17.2 Å². The number of nitrogens with one attached hydrogen (secondary N) is 1. The Kier molecular flexibility index (Phi) is 5.87. The summed E-state index contributed by atoms with van der Waals surface area (Å²) in [6, 6.07) is 14.2. The van der Waals surface area contributed by atoms with Gasteiger partial charge < -0.3 is 0 Å². The van der Waals surface area contributed by atoms with Crippen LogP contribution in [0, 0.1) is 0 Å². The number of carbonyl (C=O) groups is 1. The van der Waals surface area contributed by atoms with Crippen LogP contribution in [0.2, 0.25) is 0 Å². The summed E-state index contributed by atoms with van der Waals surface area (Å²) in [7, 11) is 0. The van der Waals surface area contributed by atoms with Gasteiger partial charge in [-0.25, -0.2) is 4.21 Å². The number of hydrogen-bond donors (Lipinski definition) is 2. The Labute approximate surface area is 135 Å². The number of benzene rings is 2. The van der Waals surface area contributed by atoms with Gasteiger partial charge in [-0.05, 0) is 52.8 Å². The van der Waals surface area contributed by atoms with Crippen molar-refractivity contribution >= 4 is 22.9 Å². The van der Waals surface area contributed by atoms with Gasteiger partial charge >= 0.3 is 0 Å². The van der Waals surface area contributed by atoms with Crippen molar-refractivity contribution < 1.29 is 13.6 Å².